The number of nitrogens with one attached hydrogen (secondary N) is 2. The van der Waals surface area contributed by atoms with Crippen molar-refractivity contribution in [3.8, 4) is 0 Å². The number of hydrogen-bond donors (Lipinski definition) is 2. The second-order valence-electron chi connectivity index (χ2n) is 5.43. The number of amides is 1. The van der Waals surface area contributed by atoms with Crippen molar-refractivity contribution in [1.82, 2.24) is 5.32 Å². The minimum absolute atomic E-state index is 0.0490. The summed E-state index contributed by atoms with van der Waals surface area (Å²) in [6.45, 7) is 10.3. The number of benzene rings is 1. The van der Waals surface area contributed by atoms with Gasteiger partial charge in [0.05, 0.1) is 0 Å². The smallest absolute Gasteiger partial charge is 0.242 e. The van der Waals surface area contributed by atoms with Gasteiger partial charge < -0.3 is 10.6 Å². The lowest BCUT2D eigenvalue weighted by molar-refractivity contribution is -0.122. The van der Waals surface area contributed by atoms with E-state index in [1.165, 1.54) is 5.56 Å². The second kappa shape index (κ2) is 7.17. The van der Waals surface area contributed by atoms with Crippen molar-refractivity contribution in [2.45, 2.75) is 59.0 Å². The van der Waals surface area contributed by atoms with Crippen molar-refractivity contribution in [2.75, 3.05) is 5.32 Å². The zero-order valence-corrected chi connectivity index (χ0v) is 12.7. The van der Waals surface area contributed by atoms with Gasteiger partial charge in [-0.05, 0) is 37.8 Å². The maximum atomic E-state index is 12.0. The molecule has 0 bridgehead atoms. The van der Waals surface area contributed by atoms with Gasteiger partial charge in [-0.15, -0.1) is 0 Å². The quantitative estimate of drug-likeness (QED) is 0.823. The van der Waals surface area contributed by atoms with Crippen LogP contribution in [0.25, 0.3) is 0 Å². The molecule has 0 heterocycles. The molecule has 2 atom stereocenters. The van der Waals surface area contributed by atoms with E-state index in [9.17, 15) is 4.79 Å². The Bertz CT molecular complexity index is 415. The third kappa shape index (κ3) is 4.58. The van der Waals surface area contributed by atoms with Gasteiger partial charge in [-0.2, -0.15) is 0 Å². The van der Waals surface area contributed by atoms with Gasteiger partial charge in [-0.3, -0.25) is 4.79 Å². The Morgan fingerprint density at radius 1 is 1.16 bits per heavy atom. The number of anilines is 1. The number of para-hydroxylation sites is 1. The van der Waals surface area contributed by atoms with Crippen molar-refractivity contribution in [3.05, 3.63) is 29.8 Å². The van der Waals surface area contributed by atoms with Crippen LogP contribution in [0.15, 0.2) is 24.3 Å². The summed E-state index contributed by atoms with van der Waals surface area (Å²) in [6, 6.07) is 8.15. The number of carbonyl (C=O) groups is 1. The lowest BCUT2D eigenvalue weighted by Gasteiger charge is -2.21. The molecule has 1 aromatic carbocycles. The van der Waals surface area contributed by atoms with Crippen LogP contribution >= 0.6 is 0 Å². The van der Waals surface area contributed by atoms with Crippen LogP contribution in [0.5, 0.6) is 0 Å². The van der Waals surface area contributed by atoms with Crippen LogP contribution in [-0.2, 0) is 4.79 Å². The first kappa shape index (κ1) is 15.5. The summed E-state index contributed by atoms with van der Waals surface area (Å²) in [5, 5.41) is 6.31. The summed E-state index contributed by atoms with van der Waals surface area (Å²) in [7, 11) is 0. The Morgan fingerprint density at radius 2 is 1.79 bits per heavy atom. The van der Waals surface area contributed by atoms with Gasteiger partial charge in [-0.1, -0.05) is 39.0 Å². The van der Waals surface area contributed by atoms with Crippen LogP contribution < -0.4 is 10.6 Å². The fourth-order valence-corrected chi connectivity index (χ4v) is 1.90. The lowest BCUT2D eigenvalue weighted by atomic mass is 10.0. The fraction of sp³-hybridized carbons (Fsp3) is 0.562. The van der Waals surface area contributed by atoms with Gasteiger partial charge in [0.25, 0.3) is 0 Å². The molecule has 0 spiro atoms. The average Bonchev–Trinajstić information content (AvgIpc) is 2.38. The number of hydrogen-bond acceptors (Lipinski definition) is 2. The van der Waals surface area contributed by atoms with Gasteiger partial charge in [0.1, 0.15) is 6.04 Å². The molecule has 0 aliphatic carbocycles. The molecule has 0 aliphatic rings. The first-order valence-corrected chi connectivity index (χ1v) is 7.11. The predicted octanol–water partition coefficient (Wildman–Crippen LogP) is 3.53. The van der Waals surface area contributed by atoms with Crippen LogP contribution in [0, 0.1) is 0 Å². The summed E-state index contributed by atoms with van der Waals surface area (Å²) in [6.07, 6.45) is 0.945. The molecule has 0 aromatic heterocycles. The molecule has 0 fully saturated rings. The molecule has 1 rings (SSSR count). The molecule has 2 N–H and O–H groups in total. The normalized spacial score (nSPS) is 14.0. The SMILES string of the molecule is CCC(C)NC(=O)C(C)Nc1ccccc1C(C)C. The Morgan fingerprint density at radius 3 is 2.37 bits per heavy atom. The van der Waals surface area contributed by atoms with Crippen LogP contribution in [0.2, 0.25) is 0 Å². The molecule has 0 saturated heterocycles. The summed E-state index contributed by atoms with van der Waals surface area (Å²) in [4.78, 5) is 12.0. The van der Waals surface area contributed by atoms with Crippen molar-refractivity contribution in [2.24, 2.45) is 0 Å². The number of carbonyl (C=O) groups excluding carboxylic acids is 1. The Hall–Kier alpha value is -1.51. The average molecular weight is 262 g/mol. The summed E-state index contributed by atoms with van der Waals surface area (Å²) in [5.41, 5.74) is 2.29. The molecular formula is C16H26N2O. The molecular weight excluding hydrogens is 236 g/mol. The summed E-state index contributed by atoms with van der Waals surface area (Å²) >= 11 is 0. The maximum absolute atomic E-state index is 12.0. The Kier molecular flexibility index (Phi) is 5.87. The highest BCUT2D eigenvalue weighted by Crippen LogP contribution is 2.24. The van der Waals surface area contributed by atoms with Crippen molar-refractivity contribution in [3.63, 3.8) is 0 Å². The largest absolute Gasteiger partial charge is 0.374 e. The highest BCUT2D eigenvalue weighted by molar-refractivity contribution is 5.84. The minimum atomic E-state index is -0.228. The molecule has 0 aliphatic heterocycles. The summed E-state index contributed by atoms with van der Waals surface area (Å²) < 4.78 is 0. The van der Waals surface area contributed by atoms with Crippen LogP contribution in [-0.4, -0.2) is 18.0 Å². The molecule has 1 aromatic rings. The molecule has 19 heavy (non-hydrogen) atoms. The van der Waals surface area contributed by atoms with Crippen LogP contribution in [0.4, 0.5) is 5.69 Å². The zero-order chi connectivity index (χ0) is 14.4. The predicted molar refractivity (Wildman–Crippen MR) is 81.5 cm³/mol. The van der Waals surface area contributed by atoms with E-state index in [1.54, 1.807) is 0 Å². The highest BCUT2D eigenvalue weighted by atomic mass is 16.2. The van der Waals surface area contributed by atoms with E-state index in [2.05, 4.69) is 37.5 Å². The Labute approximate surface area is 116 Å². The molecule has 2 unspecified atom stereocenters. The summed E-state index contributed by atoms with van der Waals surface area (Å²) in [5.74, 6) is 0.487. The van der Waals surface area contributed by atoms with E-state index >= 15 is 0 Å². The molecule has 3 nitrogen and oxygen atoms in total. The first-order chi connectivity index (χ1) is 8.95. The van der Waals surface area contributed by atoms with Crippen LogP contribution in [0.3, 0.4) is 0 Å². The van der Waals surface area contributed by atoms with E-state index in [1.807, 2.05) is 32.0 Å². The topological polar surface area (TPSA) is 41.1 Å². The molecule has 0 saturated carbocycles. The van der Waals surface area contributed by atoms with E-state index < -0.39 is 0 Å². The van der Waals surface area contributed by atoms with E-state index in [0.717, 1.165) is 12.1 Å². The van der Waals surface area contributed by atoms with E-state index in [4.69, 9.17) is 0 Å². The molecule has 3 heteroatoms. The minimum Gasteiger partial charge on any atom is -0.374 e. The maximum Gasteiger partial charge on any atom is 0.242 e. The van der Waals surface area contributed by atoms with E-state index in [0.29, 0.717) is 5.92 Å². The first-order valence-electron chi connectivity index (χ1n) is 7.11. The monoisotopic (exact) mass is 262 g/mol. The standard InChI is InChI=1S/C16H26N2O/c1-6-12(4)17-16(19)13(5)18-15-10-8-7-9-14(15)11(2)3/h7-13,18H,6H2,1-5H3,(H,17,19). The van der Waals surface area contributed by atoms with Gasteiger partial charge in [0.15, 0.2) is 0 Å². The fourth-order valence-electron chi connectivity index (χ4n) is 1.90. The van der Waals surface area contributed by atoms with Gasteiger partial charge in [0.2, 0.25) is 5.91 Å². The van der Waals surface area contributed by atoms with Gasteiger partial charge in [-0.25, -0.2) is 0 Å². The van der Waals surface area contributed by atoms with Gasteiger partial charge in [0, 0.05) is 11.7 Å². The van der Waals surface area contributed by atoms with Gasteiger partial charge >= 0.3 is 0 Å². The lowest BCUT2D eigenvalue weighted by Crippen LogP contribution is -2.42. The molecule has 106 valence electrons. The Balaban J connectivity index is 2.71. The van der Waals surface area contributed by atoms with Crippen molar-refractivity contribution in [1.29, 1.82) is 0 Å². The highest BCUT2D eigenvalue weighted by Gasteiger charge is 2.16. The van der Waals surface area contributed by atoms with Crippen molar-refractivity contribution < 1.29 is 4.79 Å². The molecule has 1 amide bonds. The van der Waals surface area contributed by atoms with Crippen LogP contribution in [0.1, 0.15) is 52.5 Å². The molecule has 0 radical (unpaired) electrons. The second-order valence-corrected chi connectivity index (χ2v) is 5.43. The third-order valence-corrected chi connectivity index (χ3v) is 3.35. The zero-order valence-electron chi connectivity index (χ0n) is 12.7. The third-order valence-electron chi connectivity index (χ3n) is 3.35. The number of rotatable bonds is 6. The van der Waals surface area contributed by atoms with Crippen molar-refractivity contribution >= 4 is 11.6 Å². The van der Waals surface area contributed by atoms with E-state index in [-0.39, 0.29) is 18.0 Å².